The third-order valence-electron chi connectivity index (χ3n) is 8.61. The molecule has 6 heteroatoms. The molecule has 0 atom stereocenters. The summed E-state index contributed by atoms with van der Waals surface area (Å²) >= 11 is 0. The molecular weight excluding hydrogens is 412 g/mol. The zero-order chi connectivity index (χ0) is 22.7. The van der Waals surface area contributed by atoms with Gasteiger partial charge in [-0.15, -0.1) is 0 Å². The van der Waals surface area contributed by atoms with Crippen molar-refractivity contribution < 1.29 is 9.59 Å². The highest BCUT2D eigenvalue weighted by molar-refractivity contribution is 5.84. The predicted molar refractivity (Wildman–Crippen MR) is 131 cm³/mol. The van der Waals surface area contributed by atoms with Crippen molar-refractivity contribution in [3.05, 3.63) is 30.3 Å². The number of benzene rings is 1. The largest absolute Gasteiger partial charge is 0.369 e. The average Bonchev–Trinajstić information content (AvgIpc) is 2.80. The van der Waals surface area contributed by atoms with Gasteiger partial charge in [-0.25, -0.2) is 0 Å². The minimum atomic E-state index is -0.0669. The van der Waals surface area contributed by atoms with Crippen LogP contribution >= 0.6 is 0 Å². The lowest BCUT2D eigenvalue weighted by Crippen LogP contribution is -2.48. The van der Waals surface area contributed by atoms with E-state index in [4.69, 9.17) is 0 Å². The SMILES string of the molecule is O=C(CNC(=O)CC12CC3CC(CC(C3)C1)C2)NCCCN1CCN(c2ccccc2)CC1. The molecule has 0 unspecified atom stereocenters. The molecule has 1 aliphatic heterocycles. The fourth-order valence-corrected chi connectivity index (χ4v) is 7.55. The molecule has 4 aliphatic carbocycles. The molecular formula is C27H40N4O2. The van der Waals surface area contributed by atoms with Crippen LogP contribution in [-0.4, -0.2) is 62.5 Å². The molecule has 1 heterocycles. The maximum absolute atomic E-state index is 12.6. The summed E-state index contributed by atoms with van der Waals surface area (Å²) in [7, 11) is 0. The summed E-state index contributed by atoms with van der Waals surface area (Å²) in [6.45, 7) is 6.00. The quantitative estimate of drug-likeness (QED) is 0.566. The fourth-order valence-electron chi connectivity index (χ4n) is 7.55. The van der Waals surface area contributed by atoms with Crippen molar-refractivity contribution in [2.45, 2.75) is 51.4 Å². The van der Waals surface area contributed by atoms with Crippen molar-refractivity contribution in [1.82, 2.24) is 15.5 Å². The molecule has 0 aromatic heterocycles. The Balaban J connectivity index is 0.938. The Morgan fingerprint density at radius 2 is 1.48 bits per heavy atom. The molecule has 4 saturated carbocycles. The number of hydrogen-bond acceptors (Lipinski definition) is 4. The topological polar surface area (TPSA) is 64.7 Å². The monoisotopic (exact) mass is 452 g/mol. The lowest BCUT2D eigenvalue weighted by molar-refractivity contribution is -0.131. The number of anilines is 1. The number of nitrogens with zero attached hydrogens (tertiary/aromatic N) is 2. The molecule has 1 aromatic carbocycles. The molecule has 2 amide bonds. The highest BCUT2D eigenvalue weighted by atomic mass is 16.2. The second kappa shape index (κ2) is 10.0. The van der Waals surface area contributed by atoms with Gasteiger partial charge < -0.3 is 15.5 Å². The van der Waals surface area contributed by atoms with Gasteiger partial charge in [0.2, 0.25) is 11.8 Å². The fraction of sp³-hybridized carbons (Fsp3) is 0.704. The Labute approximate surface area is 198 Å². The molecule has 2 N–H and O–H groups in total. The number of hydrogen-bond donors (Lipinski definition) is 2. The molecule has 6 rings (SSSR count). The van der Waals surface area contributed by atoms with Crippen LogP contribution in [0.25, 0.3) is 0 Å². The molecule has 4 bridgehead atoms. The standard InChI is InChI=1S/C27H40N4O2/c32-25(19-27-16-21-13-22(17-27)15-23(14-21)18-27)29-20-26(33)28-7-4-8-30-9-11-31(12-10-30)24-5-2-1-3-6-24/h1-3,5-6,21-23H,4,7-20H2,(H,28,33)(H,29,32). The molecule has 5 aliphatic rings. The van der Waals surface area contributed by atoms with Crippen molar-refractivity contribution in [1.29, 1.82) is 0 Å². The van der Waals surface area contributed by atoms with Crippen molar-refractivity contribution >= 4 is 17.5 Å². The maximum Gasteiger partial charge on any atom is 0.239 e. The zero-order valence-corrected chi connectivity index (χ0v) is 19.9. The maximum atomic E-state index is 12.6. The van der Waals surface area contributed by atoms with Crippen molar-refractivity contribution in [2.75, 3.05) is 50.7 Å². The summed E-state index contributed by atoms with van der Waals surface area (Å²) in [6, 6.07) is 10.6. The van der Waals surface area contributed by atoms with Gasteiger partial charge in [0.15, 0.2) is 0 Å². The van der Waals surface area contributed by atoms with Crippen molar-refractivity contribution in [3.8, 4) is 0 Å². The van der Waals surface area contributed by atoms with Crippen LogP contribution in [0.1, 0.15) is 51.4 Å². The van der Waals surface area contributed by atoms with Crippen molar-refractivity contribution in [3.63, 3.8) is 0 Å². The summed E-state index contributed by atoms with van der Waals surface area (Å²) in [4.78, 5) is 29.7. The molecule has 1 saturated heterocycles. The number of amides is 2. The first-order valence-corrected chi connectivity index (χ1v) is 13.1. The molecule has 180 valence electrons. The number of para-hydroxylation sites is 1. The van der Waals surface area contributed by atoms with E-state index in [1.165, 1.54) is 44.2 Å². The molecule has 0 spiro atoms. The van der Waals surface area contributed by atoms with Gasteiger partial charge in [0.25, 0.3) is 0 Å². The number of carbonyl (C=O) groups is 2. The highest BCUT2D eigenvalue weighted by Crippen LogP contribution is 2.61. The summed E-state index contributed by atoms with van der Waals surface area (Å²) < 4.78 is 0. The molecule has 0 radical (unpaired) electrons. The second-order valence-electron chi connectivity index (χ2n) is 11.2. The summed E-state index contributed by atoms with van der Waals surface area (Å²) in [5.41, 5.74) is 1.54. The van der Waals surface area contributed by atoms with E-state index in [-0.39, 0.29) is 23.8 Å². The van der Waals surface area contributed by atoms with Gasteiger partial charge in [-0.2, -0.15) is 0 Å². The Hall–Kier alpha value is -2.08. The summed E-state index contributed by atoms with van der Waals surface area (Å²) in [5.74, 6) is 2.57. The van der Waals surface area contributed by atoms with Gasteiger partial charge in [-0.3, -0.25) is 14.5 Å². The van der Waals surface area contributed by atoms with Crippen LogP contribution in [0, 0.1) is 23.2 Å². The highest BCUT2D eigenvalue weighted by Gasteiger charge is 2.51. The van der Waals surface area contributed by atoms with Crippen LogP contribution in [0.15, 0.2) is 30.3 Å². The third kappa shape index (κ3) is 5.71. The van der Waals surface area contributed by atoms with Gasteiger partial charge in [0.1, 0.15) is 0 Å². The van der Waals surface area contributed by atoms with Crippen molar-refractivity contribution in [2.24, 2.45) is 23.2 Å². The van der Waals surface area contributed by atoms with Crippen LogP contribution in [0.2, 0.25) is 0 Å². The predicted octanol–water partition coefficient (Wildman–Crippen LogP) is 3.04. The summed E-state index contributed by atoms with van der Waals surface area (Å²) in [6.07, 6.45) is 9.45. The van der Waals surface area contributed by atoms with Gasteiger partial charge in [-0.1, -0.05) is 18.2 Å². The number of rotatable bonds is 9. The Morgan fingerprint density at radius 1 is 0.848 bits per heavy atom. The Kier molecular flexibility index (Phi) is 6.91. The molecule has 33 heavy (non-hydrogen) atoms. The van der Waals surface area contributed by atoms with Gasteiger partial charge >= 0.3 is 0 Å². The van der Waals surface area contributed by atoms with E-state index in [2.05, 4.69) is 50.8 Å². The molecule has 1 aromatic rings. The Bertz CT molecular complexity index is 783. The van der Waals surface area contributed by atoms with Crippen LogP contribution in [-0.2, 0) is 9.59 Å². The van der Waals surface area contributed by atoms with E-state index in [9.17, 15) is 9.59 Å². The first kappa shape index (κ1) is 22.7. The molecule has 6 nitrogen and oxygen atoms in total. The lowest BCUT2D eigenvalue weighted by Gasteiger charge is -2.56. The summed E-state index contributed by atoms with van der Waals surface area (Å²) in [5, 5.41) is 5.88. The van der Waals surface area contributed by atoms with Gasteiger partial charge in [0.05, 0.1) is 6.54 Å². The number of nitrogens with one attached hydrogen (secondary N) is 2. The van der Waals surface area contributed by atoms with Crippen LogP contribution < -0.4 is 15.5 Å². The van der Waals surface area contributed by atoms with Gasteiger partial charge in [0, 0.05) is 44.8 Å². The van der Waals surface area contributed by atoms with Crippen LogP contribution in [0.5, 0.6) is 0 Å². The first-order chi connectivity index (χ1) is 16.1. The second-order valence-corrected chi connectivity index (χ2v) is 11.2. The average molecular weight is 453 g/mol. The van der Waals surface area contributed by atoms with Crippen LogP contribution in [0.3, 0.4) is 0 Å². The lowest BCUT2D eigenvalue weighted by atomic mass is 9.49. The van der Waals surface area contributed by atoms with E-state index in [1.807, 2.05) is 0 Å². The van der Waals surface area contributed by atoms with E-state index in [0.717, 1.165) is 56.9 Å². The number of piperazine rings is 1. The van der Waals surface area contributed by atoms with E-state index in [1.54, 1.807) is 0 Å². The van der Waals surface area contributed by atoms with E-state index < -0.39 is 0 Å². The smallest absolute Gasteiger partial charge is 0.239 e. The zero-order valence-electron chi connectivity index (χ0n) is 19.9. The Morgan fingerprint density at radius 3 is 2.12 bits per heavy atom. The van der Waals surface area contributed by atoms with Crippen LogP contribution in [0.4, 0.5) is 5.69 Å². The van der Waals surface area contributed by atoms with E-state index in [0.29, 0.717) is 13.0 Å². The molecule has 5 fully saturated rings. The minimum absolute atomic E-state index is 0.0669. The van der Waals surface area contributed by atoms with Gasteiger partial charge in [-0.05, 0) is 86.8 Å². The van der Waals surface area contributed by atoms with E-state index >= 15 is 0 Å². The number of carbonyl (C=O) groups excluding carboxylic acids is 2. The normalized spacial score (nSPS) is 30.9. The minimum Gasteiger partial charge on any atom is -0.369 e. The first-order valence-electron chi connectivity index (χ1n) is 13.1. The third-order valence-corrected chi connectivity index (χ3v) is 8.61.